The molecule has 0 amide bonds. The molecule has 0 saturated heterocycles. The number of hydrogen-bond acceptors (Lipinski definition) is 2. The van der Waals surface area contributed by atoms with Crippen molar-refractivity contribution in [2.75, 3.05) is 6.54 Å². The van der Waals surface area contributed by atoms with Crippen LogP contribution in [0.5, 0.6) is 0 Å². The van der Waals surface area contributed by atoms with Crippen LogP contribution in [-0.4, -0.2) is 12.8 Å². The predicted molar refractivity (Wildman–Crippen MR) is 52.3 cm³/mol. The van der Waals surface area contributed by atoms with Gasteiger partial charge in [-0.3, -0.25) is 0 Å². The van der Waals surface area contributed by atoms with Crippen LogP contribution in [0, 0.1) is 0 Å². The fourth-order valence-electron chi connectivity index (χ4n) is 1.00. The van der Waals surface area contributed by atoms with E-state index >= 15 is 0 Å². The molecule has 1 rings (SSSR count). The second-order valence-electron chi connectivity index (χ2n) is 2.53. The number of hydrazone groups is 1. The third kappa shape index (κ3) is 3.19. The van der Waals surface area contributed by atoms with E-state index in [1.807, 2.05) is 13.0 Å². The van der Waals surface area contributed by atoms with E-state index in [1.165, 1.54) is 5.56 Å². The summed E-state index contributed by atoms with van der Waals surface area (Å²) in [7, 11) is 0. The first-order valence-corrected chi connectivity index (χ1v) is 4.18. The second kappa shape index (κ2) is 5.35. The molecule has 0 radical (unpaired) electrons. The van der Waals surface area contributed by atoms with Crippen LogP contribution in [-0.2, 0) is 6.42 Å². The summed E-state index contributed by atoms with van der Waals surface area (Å²) in [6, 6.07) is 10.4. The lowest BCUT2D eigenvalue weighted by Gasteiger charge is -1.99. The Morgan fingerprint density at radius 2 is 2.08 bits per heavy atom. The van der Waals surface area contributed by atoms with Crippen LogP contribution in [0.15, 0.2) is 35.4 Å². The molecule has 0 aliphatic heterocycles. The molecule has 0 saturated carbocycles. The van der Waals surface area contributed by atoms with Crippen molar-refractivity contribution < 1.29 is 0 Å². The molecule has 0 fully saturated rings. The summed E-state index contributed by atoms with van der Waals surface area (Å²) in [5, 5.41) is 3.91. The molecule has 0 spiro atoms. The average Bonchev–Trinajstić information content (AvgIpc) is 2.14. The highest BCUT2D eigenvalue weighted by Crippen LogP contribution is 1.97. The Labute approximate surface area is 73.3 Å². The number of benzene rings is 1. The van der Waals surface area contributed by atoms with Gasteiger partial charge < -0.3 is 5.43 Å². The lowest BCUT2D eigenvalue weighted by Crippen LogP contribution is -2.09. The normalized spacial score (nSPS) is 10.4. The highest BCUT2D eigenvalue weighted by atomic mass is 15.3. The Hall–Kier alpha value is -1.31. The van der Waals surface area contributed by atoms with Gasteiger partial charge in [0.1, 0.15) is 0 Å². The van der Waals surface area contributed by atoms with Gasteiger partial charge in [0, 0.05) is 12.8 Å². The molecule has 0 aliphatic rings. The molecule has 0 aromatic heterocycles. The summed E-state index contributed by atoms with van der Waals surface area (Å²) in [4.78, 5) is 0. The highest BCUT2D eigenvalue weighted by Gasteiger charge is 1.88. The number of nitrogens with zero attached hydrogens (tertiary/aromatic N) is 1. The molecule has 12 heavy (non-hydrogen) atoms. The fraction of sp³-hybridized carbons (Fsp3) is 0.300. The van der Waals surface area contributed by atoms with Crippen molar-refractivity contribution >= 4 is 6.21 Å². The van der Waals surface area contributed by atoms with Crippen LogP contribution >= 0.6 is 0 Å². The molecular weight excluding hydrogens is 148 g/mol. The van der Waals surface area contributed by atoms with Gasteiger partial charge in [-0.05, 0) is 18.9 Å². The first-order valence-electron chi connectivity index (χ1n) is 4.18. The maximum atomic E-state index is 3.91. The van der Waals surface area contributed by atoms with E-state index in [1.54, 1.807) is 6.21 Å². The Morgan fingerprint density at radius 3 is 2.75 bits per heavy atom. The first-order chi connectivity index (χ1) is 5.93. The third-order valence-corrected chi connectivity index (χ3v) is 1.59. The molecule has 0 bridgehead atoms. The van der Waals surface area contributed by atoms with Crippen LogP contribution in [0.25, 0.3) is 0 Å². The molecule has 2 nitrogen and oxygen atoms in total. The largest absolute Gasteiger partial charge is 0.310 e. The number of rotatable bonds is 4. The molecule has 1 aromatic rings. The molecule has 0 atom stereocenters. The van der Waals surface area contributed by atoms with E-state index in [9.17, 15) is 0 Å². The maximum absolute atomic E-state index is 3.91. The van der Waals surface area contributed by atoms with Crippen LogP contribution in [0.4, 0.5) is 0 Å². The molecule has 1 aromatic carbocycles. The summed E-state index contributed by atoms with van der Waals surface area (Å²) in [5.74, 6) is 0. The molecular formula is C10H14N2. The summed E-state index contributed by atoms with van der Waals surface area (Å²) in [5.41, 5.74) is 4.30. The lowest BCUT2D eigenvalue weighted by molar-refractivity contribution is 0.734. The van der Waals surface area contributed by atoms with Crippen molar-refractivity contribution in [2.24, 2.45) is 5.10 Å². The zero-order chi connectivity index (χ0) is 8.65. The van der Waals surface area contributed by atoms with Crippen molar-refractivity contribution in [1.29, 1.82) is 0 Å². The monoisotopic (exact) mass is 162 g/mol. The van der Waals surface area contributed by atoms with Crippen LogP contribution in [0.3, 0.4) is 0 Å². The Bertz CT molecular complexity index is 229. The van der Waals surface area contributed by atoms with Crippen LogP contribution in [0.1, 0.15) is 12.5 Å². The molecule has 64 valence electrons. The zero-order valence-corrected chi connectivity index (χ0v) is 7.33. The quantitative estimate of drug-likeness (QED) is 0.407. The number of nitrogens with one attached hydrogen (secondary N) is 1. The van der Waals surface area contributed by atoms with Crippen LogP contribution < -0.4 is 5.43 Å². The third-order valence-electron chi connectivity index (χ3n) is 1.59. The first kappa shape index (κ1) is 8.78. The van der Waals surface area contributed by atoms with E-state index in [4.69, 9.17) is 0 Å². The lowest BCUT2D eigenvalue weighted by atomic mass is 10.2. The van der Waals surface area contributed by atoms with Gasteiger partial charge in [-0.2, -0.15) is 5.10 Å². The van der Waals surface area contributed by atoms with E-state index in [0.29, 0.717) is 0 Å². The minimum absolute atomic E-state index is 0.897. The van der Waals surface area contributed by atoms with Crippen molar-refractivity contribution in [3.8, 4) is 0 Å². The standard InChI is InChI=1S/C10H14N2/c1-2-11-12-9-8-10-6-4-3-5-7-10/h2-7,12H,8-9H2,1H3/b11-2-. The molecule has 0 heterocycles. The van der Waals surface area contributed by atoms with Gasteiger partial charge in [-0.1, -0.05) is 30.3 Å². The smallest absolute Gasteiger partial charge is 0.0369 e. The van der Waals surface area contributed by atoms with E-state index in [-0.39, 0.29) is 0 Å². The van der Waals surface area contributed by atoms with Gasteiger partial charge in [0.2, 0.25) is 0 Å². The van der Waals surface area contributed by atoms with Gasteiger partial charge in [0.25, 0.3) is 0 Å². The van der Waals surface area contributed by atoms with E-state index in [2.05, 4.69) is 34.8 Å². The second-order valence-corrected chi connectivity index (χ2v) is 2.53. The summed E-state index contributed by atoms with van der Waals surface area (Å²) >= 11 is 0. The maximum Gasteiger partial charge on any atom is 0.0369 e. The highest BCUT2D eigenvalue weighted by molar-refractivity contribution is 5.52. The van der Waals surface area contributed by atoms with Crippen molar-refractivity contribution in [2.45, 2.75) is 13.3 Å². The van der Waals surface area contributed by atoms with Gasteiger partial charge in [0.15, 0.2) is 0 Å². The SMILES string of the molecule is C/C=N\NCCc1ccccc1. The van der Waals surface area contributed by atoms with Crippen molar-refractivity contribution in [3.63, 3.8) is 0 Å². The molecule has 0 aliphatic carbocycles. The average molecular weight is 162 g/mol. The summed E-state index contributed by atoms with van der Waals surface area (Å²) in [6.45, 7) is 2.80. The van der Waals surface area contributed by atoms with Crippen molar-refractivity contribution in [1.82, 2.24) is 5.43 Å². The minimum atomic E-state index is 0.897. The Balaban J connectivity index is 2.24. The molecule has 2 heteroatoms. The van der Waals surface area contributed by atoms with E-state index < -0.39 is 0 Å². The van der Waals surface area contributed by atoms with Crippen molar-refractivity contribution in [3.05, 3.63) is 35.9 Å². The topological polar surface area (TPSA) is 24.4 Å². The molecule has 1 N–H and O–H groups in total. The Kier molecular flexibility index (Phi) is 3.92. The fourth-order valence-corrected chi connectivity index (χ4v) is 1.00. The van der Waals surface area contributed by atoms with Gasteiger partial charge in [-0.25, -0.2) is 0 Å². The summed E-state index contributed by atoms with van der Waals surface area (Å²) < 4.78 is 0. The number of hydrogen-bond donors (Lipinski definition) is 1. The van der Waals surface area contributed by atoms with Crippen LogP contribution in [0.2, 0.25) is 0 Å². The Morgan fingerprint density at radius 1 is 1.33 bits per heavy atom. The molecule has 0 unspecified atom stereocenters. The zero-order valence-electron chi connectivity index (χ0n) is 7.33. The van der Waals surface area contributed by atoms with E-state index in [0.717, 1.165) is 13.0 Å². The predicted octanol–water partition coefficient (Wildman–Crippen LogP) is 1.82. The minimum Gasteiger partial charge on any atom is -0.310 e. The van der Waals surface area contributed by atoms with Gasteiger partial charge in [-0.15, -0.1) is 0 Å². The van der Waals surface area contributed by atoms with Gasteiger partial charge >= 0.3 is 0 Å². The summed E-state index contributed by atoms with van der Waals surface area (Å²) in [6.07, 6.45) is 2.78. The van der Waals surface area contributed by atoms with Gasteiger partial charge in [0.05, 0.1) is 0 Å².